The molecule has 1 heteroatoms. The van der Waals surface area contributed by atoms with Crippen molar-refractivity contribution in [3.05, 3.63) is 36.0 Å². The van der Waals surface area contributed by atoms with E-state index in [1.165, 1.54) is 5.57 Å². The van der Waals surface area contributed by atoms with Crippen molar-refractivity contribution < 1.29 is 0 Å². The maximum atomic E-state index is 4.65. The second kappa shape index (κ2) is 2.72. The Morgan fingerprint density at radius 1 is 1.60 bits per heavy atom. The first kappa shape index (κ1) is 9.14. The summed E-state index contributed by atoms with van der Waals surface area (Å²) in [6.45, 7) is 8.56. The Bertz CT molecular complexity index is 413. The van der Waals surface area contributed by atoms with E-state index in [-0.39, 0.29) is 5.41 Å². The Kier molecular flexibility index (Phi) is 1.66. The zero-order chi connectivity index (χ0) is 10.6. The summed E-state index contributed by atoms with van der Waals surface area (Å²) in [5.74, 6) is 1.29. The third-order valence-electron chi connectivity index (χ3n) is 4.53. The molecule has 4 aliphatic rings. The van der Waals surface area contributed by atoms with Gasteiger partial charge in [-0.2, -0.15) is 0 Å². The van der Waals surface area contributed by atoms with Gasteiger partial charge in [-0.1, -0.05) is 31.6 Å². The summed E-state index contributed by atoms with van der Waals surface area (Å²) in [7, 11) is 0. The molecule has 1 fully saturated rings. The molecule has 0 saturated heterocycles. The number of hydrogen-bond donors (Lipinski definition) is 0. The minimum atomic E-state index is 0.264. The molecule has 0 amide bonds. The number of allylic oxidation sites excluding steroid dienone is 3. The lowest BCUT2D eigenvalue weighted by atomic mass is 9.76. The summed E-state index contributed by atoms with van der Waals surface area (Å²) in [5, 5.41) is 0. The Hall–Kier alpha value is -1.11. The molecule has 78 valence electrons. The molecule has 0 aromatic heterocycles. The van der Waals surface area contributed by atoms with E-state index in [2.05, 4.69) is 43.6 Å². The van der Waals surface area contributed by atoms with Gasteiger partial charge in [-0.3, -0.25) is 4.99 Å². The van der Waals surface area contributed by atoms with Crippen LogP contribution < -0.4 is 0 Å². The van der Waals surface area contributed by atoms with E-state index < -0.39 is 0 Å². The highest BCUT2D eigenvalue weighted by atomic mass is 14.9. The van der Waals surface area contributed by atoms with Gasteiger partial charge in [-0.15, -0.1) is 6.58 Å². The summed E-state index contributed by atoms with van der Waals surface area (Å²) in [6.07, 6.45) is 9.80. The van der Waals surface area contributed by atoms with Gasteiger partial charge in [0.25, 0.3) is 0 Å². The molecule has 0 radical (unpaired) electrons. The van der Waals surface area contributed by atoms with Crippen molar-refractivity contribution in [1.29, 1.82) is 0 Å². The second-order valence-corrected chi connectivity index (χ2v) is 4.92. The van der Waals surface area contributed by atoms with Crippen molar-refractivity contribution in [3.8, 4) is 0 Å². The molecule has 2 aliphatic heterocycles. The molecule has 2 heterocycles. The van der Waals surface area contributed by atoms with Crippen LogP contribution in [0.2, 0.25) is 0 Å². The number of aliphatic imine (C=N–C) groups is 1. The van der Waals surface area contributed by atoms with Crippen LogP contribution in [0.5, 0.6) is 0 Å². The van der Waals surface area contributed by atoms with Crippen LogP contribution in [0.15, 0.2) is 40.9 Å². The van der Waals surface area contributed by atoms with Crippen LogP contribution in [-0.2, 0) is 0 Å². The lowest BCUT2D eigenvalue weighted by molar-refractivity contribution is 0.542. The van der Waals surface area contributed by atoms with Crippen LogP contribution in [0, 0.1) is 17.3 Å². The quantitative estimate of drug-likeness (QED) is 0.606. The molecular formula is C14H17N. The van der Waals surface area contributed by atoms with Crippen molar-refractivity contribution in [2.24, 2.45) is 22.2 Å². The van der Waals surface area contributed by atoms with Gasteiger partial charge in [0.15, 0.2) is 0 Å². The minimum Gasteiger partial charge on any atom is -0.288 e. The number of fused-ring (bicyclic) bond motifs is 1. The lowest BCUT2D eigenvalue weighted by Crippen LogP contribution is -2.17. The molecule has 2 aliphatic carbocycles. The van der Waals surface area contributed by atoms with Crippen LogP contribution in [0.3, 0.4) is 0 Å². The SMILES string of the molecule is C=CC1(CC)C2N=C/C=C3/C=C(C21)[C@@H]3C. The molecule has 4 atom stereocenters. The first-order chi connectivity index (χ1) is 7.24. The van der Waals surface area contributed by atoms with Crippen LogP contribution >= 0.6 is 0 Å². The van der Waals surface area contributed by atoms with Gasteiger partial charge >= 0.3 is 0 Å². The van der Waals surface area contributed by atoms with Gasteiger partial charge in [-0.05, 0) is 18.1 Å². The largest absolute Gasteiger partial charge is 0.288 e. The predicted molar refractivity (Wildman–Crippen MR) is 64.0 cm³/mol. The standard InChI is InChI=1S/C14H17N/c1-4-14(5-2)12-11-8-10(9(11)3)6-7-15-13(12)14/h4,6-9,12-13H,1,5H2,2-3H3/b10-6-,15-7?/t9-,12?,13?,14?/m1/s1. The number of nitrogens with zero attached hydrogens (tertiary/aromatic N) is 1. The van der Waals surface area contributed by atoms with Crippen LogP contribution in [0.4, 0.5) is 0 Å². The molecule has 0 spiro atoms. The van der Waals surface area contributed by atoms with Crippen molar-refractivity contribution in [2.45, 2.75) is 26.3 Å². The van der Waals surface area contributed by atoms with E-state index in [1.807, 2.05) is 6.21 Å². The van der Waals surface area contributed by atoms with Crippen molar-refractivity contribution in [2.75, 3.05) is 0 Å². The summed E-state index contributed by atoms with van der Waals surface area (Å²) in [6, 6.07) is 0.465. The fourth-order valence-corrected chi connectivity index (χ4v) is 3.29. The molecule has 1 nitrogen and oxygen atoms in total. The Balaban J connectivity index is 2.04. The van der Waals surface area contributed by atoms with Crippen molar-refractivity contribution in [1.82, 2.24) is 0 Å². The van der Waals surface area contributed by atoms with Crippen LogP contribution in [-0.4, -0.2) is 12.3 Å². The Morgan fingerprint density at radius 2 is 2.40 bits per heavy atom. The van der Waals surface area contributed by atoms with Crippen LogP contribution in [0.25, 0.3) is 0 Å². The zero-order valence-electron chi connectivity index (χ0n) is 9.40. The van der Waals surface area contributed by atoms with Gasteiger partial charge in [0, 0.05) is 23.5 Å². The molecule has 15 heavy (non-hydrogen) atoms. The highest BCUT2D eigenvalue weighted by molar-refractivity contribution is 5.77. The molecule has 0 aromatic carbocycles. The normalized spacial score (nSPS) is 48.8. The van der Waals surface area contributed by atoms with Gasteiger partial charge in [0.1, 0.15) is 0 Å². The minimum absolute atomic E-state index is 0.264. The van der Waals surface area contributed by atoms with E-state index in [1.54, 1.807) is 5.57 Å². The molecule has 1 saturated carbocycles. The first-order valence-electron chi connectivity index (χ1n) is 5.83. The summed E-state index contributed by atoms with van der Waals surface area (Å²) in [4.78, 5) is 4.65. The topological polar surface area (TPSA) is 12.4 Å². The van der Waals surface area contributed by atoms with E-state index in [0.29, 0.717) is 17.9 Å². The fraction of sp³-hybridized carbons (Fsp3) is 0.500. The maximum Gasteiger partial charge on any atom is 0.0671 e. The predicted octanol–water partition coefficient (Wildman–Crippen LogP) is 3.15. The average molecular weight is 199 g/mol. The summed E-state index contributed by atoms with van der Waals surface area (Å²) >= 11 is 0. The van der Waals surface area contributed by atoms with E-state index in [9.17, 15) is 0 Å². The second-order valence-electron chi connectivity index (χ2n) is 4.92. The van der Waals surface area contributed by atoms with Gasteiger partial charge in [-0.25, -0.2) is 0 Å². The summed E-state index contributed by atoms with van der Waals surface area (Å²) < 4.78 is 0. The molecule has 2 bridgehead atoms. The van der Waals surface area contributed by atoms with Gasteiger partial charge in [0.05, 0.1) is 6.04 Å². The third kappa shape index (κ3) is 0.914. The number of hydrogen-bond acceptors (Lipinski definition) is 1. The van der Waals surface area contributed by atoms with E-state index in [4.69, 9.17) is 0 Å². The van der Waals surface area contributed by atoms with Crippen molar-refractivity contribution >= 4 is 6.21 Å². The first-order valence-corrected chi connectivity index (χ1v) is 5.83. The van der Waals surface area contributed by atoms with Gasteiger partial charge < -0.3 is 0 Å². The molecule has 0 N–H and O–H groups in total. The smallest absolute Gasteiger partial charge is 0.0671 e. The highest BCUT2D eigenvalue weighted by Crippen LogP contribution is 2.65. The summed E-state index contributed by atoms with van der Waals surface area (Å²) in [5.41, 5.74) is 3.30. The molecule has 3 unspecified atom stereocenters. The monoisotopic (exact) mass is 199 g/mol. The van der Waals surface area contributed by atoms with E-state index in [0.717, 1.165) is 6.42 Å². The number of rotatable bonds is 2. The van der Waals surface area contributed by atoms with Crippen LogP contribution in [0.1, 0.15) is 20.3 Å². The average Bonchev–Trinajstić information content (AvgIpc) is 2.82. The highest BCUT2D eigenvalue weighted by Gasteiger charge is 2.64. The molecular weight excluding hydrogens is 182 g/mol. The third-order valence-corrected chi connectivity index (χ3v) is 4.53. The fourth-order valence-electron chi connectivity index (χ4n) is 3.29. The molecule has 0 aromatic rings. The molecule has 4 rings (SSSR count). The maximum absolute atomic E-state index is 4.65. The van der Waals surface area contributed by atoms with Crippen molar-refractivity contribution in [3.63, 3.8) is 0 Å². The Labute approximate surface area is 91.3 Å². The van der Waals surface area contributed by atoms with E-state index >= 15 is 0 Å². The zero-order valence-corrected chi connectivity index (χ0v) is 9.40. The van der Waals surface area contributed by atoms with Gasteiger partial charge in [0.2, 0.25) is 0 Å². The Morgan fingerprint density at radius 3 is 3.00 bits per heavy atom. The lowest BCUT2D eigenvalue weighted by Gasteiger charge is -2.29.